The van der Waals surface area contributed by atoms with Gasteiger partial charge in [0.25, 0.3) is 10.1 Å². The van der Waals surface area contributed by atoms with Crippen LogP contribution in [0.3, 0.4) is 0 Å². The second kappa shape index (κ2) is 6.18. The number of hydrogen-bond donors (Lipinski definition) is 3. The van der Waals surface area contributed by atoms with Crippen molar-refractivity contribution < 1.29 is 13.0 Å². The maximum atomic E-state index is 11.0. The Hall–Kier alpha value is -1.64. The van der Waals surface area contributed by atoms with E-state index in [2.05, 4.69) is 10.2 Å². The summed E-state index contributed by atoms with van der Waals surface area (Å²) in [6.07, 6.45) is 1.13. The first kappa shape index (κ1) is 15.4. The van der Waals surface area contributed by atoms with E-state index in [-0.39, 0.29) is 28.8 Å². The lowest BCUT2D eigenvalue weighted by Crippen LogP contribution is -2.21. The molecule has 0 bridgehead atoms. The molecule has 0 saturated heterocycles. The van der Waals surface area contributed by atoms with Crippen molar-refractivity contribution in [1.29, 1.82) is 0 Å². The molecule has 0 aliphatic carbocycles. The summed E-state index contributed by atoms with van der Waals surface area (Å²) in [4.78, 5) is -0.260. The molecule has 94 valence electrons. The Morgan fingerprint density at radius 1 is 1.29 bits per heavy atom. The Morgan fingerprint density at radius 3 is 2.41 bits per heavy atom. The normalized spacial score (nSPS) is 10.9. The second-order valence-corrected chi connectivity index (χ2v) is 4.17. The van der Waals surface area contributed by atoms with Gasteiger partial charge in [0.15, 0.2) is 0 Å². The molecule has 0 spiro atoms. The highest BCUT2D eigenvalue weighted by atomic mass is 35.5. The molecule has 1 aromatic carbocycles. The highest BCUT2D eigenvalue weighted by Gasteiger charge is 2.12. The van der Waals surface area contributed by atoms with E-state index in [9.17, 15) is 8.42 Å². The molecule has 0 aliphatic rings. The fourth-order valence-electron chi connectivity index (χ4n) is 0.980. The Morgan fingerprint density at radius 2 is 1.88 bits per heavy atom. The van der Waals surface area contributed by atoms with E-state index in [0.29, 0.717) is 0 Å². The summed E-state index contributed by atoms with van der Waals surface area (Å²) in [6, 6.07) is 5.76. The average Bonchev–Trinajstić information content (AvgIpc) is 2.16. The zero-order valence-electron chi connectivity index (χ0n) is 8.52. The molecule has 0 radical (unpaired) electrons. The molecular weight excluding hydrogens is 268 g/mol. The van der Waals surface area contributed by atoms with Crippen LogP contribution >= 0.6 is 12.4 Å². The molecule has 0 amide bonds. The maximum absolute atomic E-state index is 11.0. The van der Waals surface area contributed by atoms with E-state index in [1.165, 1.54) is 18.2 Å². The Labute approximate surface area is 104 Å². The lowest BCUT2D eigenvalue weighted by molar-refractivity contribution is 0.483. The molecule has 0 aliphatic heterocycles. The summed E-state index contributed by atoms with van der Waals surface area (Å²) in [5, 5.41) is 6.76. The highest BCUT2D eigenvalue weighted by Crippen LogP contribution is 2.12. The van der Waals surface area contributed by atoms with Crippen molar-refractivity contribution in [2.24, 2.45) is 21.7 Å². The van der Waals surface area contributed by atoms with Crippen LogP contribution in [-0.2, 0) is 10.1 Å². The minimum atomic E-state index is -4.29. The third kappa shape index (κ3) is 4.81. The summed E-state index contributed by atoms with van der Waals surface area (Å²) in [7, 11) is -4.29. The first-order chi connectivity index (χ1) is 7.41. The Kier molecular flexibility index (Phi) is 5.59. The van der Waals surface area contributed by atoms with Crippen molar-refractivity contribution in [3.05, 3.63) is 29.8 Å². The van der Waals surface area contributed by atoms with E-state index < -0.39 is 10.1 Å². The molecule has 7 nitrogen and oxygen atoms in total. The average molecular weight is 279 g/mol. The van der Waals surface area contributed by atoms with Crippen LogP contribution in [-0.4, -0.2) is 25.1 Å². The van der Waals surface area contributed by atoms with Crippen molar-refractivity contribution in [1.82, 2.24) is 0 Å². The molecule has 0 heterocycles. The quantitative estimate of drug-likeness (QED) is 0.309. The van der Waals surface area contributed by atoms with Crippen LogP contribution in [0.4, 0.5) is 0 Å². The lowest BCUT2D eigenvalue weighted by atomic mass is 10.2. The zero-order valence-corrected chi connectivity index (χ0v) is 10.1. The van der Waals surface area contributed by atoms with Gasteiger partial charge in [-0.2, -0.15) is 13.5 Å². The van der Waals surface area contributed by atoms with Crippen LogP contribution in [0.25, 0.3) is 0 Å². The minimum absolute atomic E-state index is 0. The monoisotopic (exact) mass is 278 g/mol. The van der Waals surface area contributed by atoms with Gasteiger partial charge in [-0.25, -0.2) is 0 Å². The summed E-state index contributed by atoms with van der Waals surface area (Å²) in [5.74, 6) is -0.249. The fraction of sp³-hybridized carbons (Fsp3) is 0. The second-order valence-electron chi connectivity index (χ2n) is 2.78. The van der Waals surface area contributed by atoms with Crippen LogP contribution in [0.2, 0.25) is 0 Å². The van der Waals surface area contributed by atoms with E-state index in [1.807, 2.05) is 0 Å². The van der Waals surface area contributed by atoms with Crippen molar-refractivity contribution in [3.8, 4) is 0 Å². The first-order valence-corrected chi connectivity index (χ1v) is 5.54. The van der Waals surface area contributed by atoms with Gasteiger partial charge in [0.1, 0.15) is 4.90 Å². The molecule has 1 aromatic rings. The van der Waals surface area contributed by atoms with Gasteiger partial charge in [0.2, 0.25) is 5.96 Å². The zero-order chi connectivity index (χ0) is 12.2. The van der Waals surface area contributed by atoms with Gasteiger partial charge in [-0.15, -0.1) is 17.5 Å². The predicted octanol–water partition coefficient (Wildman–Crippen LogP) is -0.0376. The van der Waals surface area contributed by atoms with Gasteiger partial charge in [-0.3, -0.25) is 4.55 Å². The number of nitrogens with two attached hydrogens (primary N) is 2. The van der Waals surface area contributed by atoms with Gasteiger partial charge < -0.3 is 11.5 Å². The maximum Gasteiger partial charge on any atom is 0.295 e. The molecule has 0 unspecified atom stereocenters. The van der Waals surface area contributed by atoms with Gasteiger partial charge in [0, 0.05) is 5.56 Å². The number of benzene rings is 1. The third-order valence-electron chi connectivity index (χ3n) is 1.57. The molecule has 0 saturated carbocycles. The van der Waals surface area contributed by atoms with Crippen molar-refractivity contribution in [2.45, 2.75) is 4.90 Å². The largest absolute Gasteiger partial charge is 0.369 e. The van der Waals surface area contributed by atoms with Crippen LogP contribution in [0.1, 0.15) is 5.56 Å². The van der Waals surface area contributed by atoms with Crippen LogP contribution in [0.15, 0.2) is 39.4 Å². The summed E-state index contributed by atoms with van der Waals surface area (Å²) >= 11 is 0. The minimum Gasteiger partial charge on any atom is -0.369 e. The smallest absolute Gasteiger partial charge is 0.295 e. The number of guanidine groups is 1. The Balaban J connectivity index is 0.00000256. The standard InChI is InChI=1S/C8H10N4O3S.ClH/c9-8(10)12-11-5-6-3-1-2-4-7(6)16(13,14)15;/h1-5H,(H4,9,10,12)(H,13,14,15);1H/b11-5+;. The number of hydrogen-bond acceptors (Lipinski definition) is 4. The predicted molar refractivity (Wildman–Crippen MR) is 66.9 cm³/mol. The molecule has 9 heteroatoms. The molecule has 1 rings (SSSR count). The molecule has 5 N–H and O–H groups in total. The molecular formula is C8H11ClN4O3S. The molecule has 17 heavy (non-hydrogen) atoms. The highest BCUT2D eigenvalue weighted by molar-refractivity contribution is 7.86. The third-order valence-corrected chi connectivity index (χ3v) is 2.49. The molecule has 0 atom stereocenters. The van der Waals surface area contributed by atoms with E-state index in [4.69, 9.17) is 16.0 Å². The van der Waals surface area contributed by atoms with Crippen molar-refractivity contribution in [2.75, 3.05) is 0 Å². The summed E-state index contributed by atoms with van der Waals surface area (Å²) in [5.41, 5.74) is 10.2. The van der Waals surface area contributed by atoms with Crippen molar-refractivity contribution >= 4 is 34.7 Å². The number of halogens is 1. The lowest BCUT2D eigenvalue weighted by Gasteiger charge is -2.00. The number of nitrogens with zero attached hydrogens (tertiary/aromatic N) is 2. The molecule has 0 fully saturated rings. The van der Waals surface area contributed by atoms with E-state index >= 15 is 0 Å². The van der Waals surface area contributed by atoms with E-state index in [1.54, 1.807) is 6.07 Å². The number of rotatable bonds is 3. The Bertz CT molecular complexity index is 537. The van der Waals surface area contributed by atoms with Crippen LogP contribution in [0.5, 0.6) is 0 Å². The van der Waals surface area contributed by atoms with Gasteiger partial charge in [-0.1, -0.05) is 18.2 Å². The van der Waals surface area contributed by atoms with Crippen LogP contribution in [0, 0.1) is 0 Å². The van der Waals surface area contributed by atoms with Gasteiger partial charge >= 0.3 is 0 Å². The SMILES string of the molecule is Cl.NC(N)=N/N=C/c1ccccc1S(=O)(=O)O. The van der Waals surface area contributed by atoms with E-state index in [0.717, 1.165) is 6.21 Å². The first-order valence-electron chi connectivity index (χ1n) is 4.10. The summed E-state index contributed by atoms with van der Waals surface area (Å²) < 4.78 is 30.8. The van der Waals surface area contributed by atoms with Crippen LogP contribution < -0.4 is 11.5 Å². The van der Waals surface area contributed by atoms with Gasteiger partial charge in [0.05, 0.1) is 6.21 Å². The summed E-state index contributed by atoms with van der Waals surface area (Å²) in [6.45, 7) is 0. The molecule has 0 aromatic heterocycles. The van der Waals surface area contributed by atoms with Gasteiger partial charge in [-0.05, 0) is 6.07 Å². The fourth-order valence-corrected chi connectivity index (χ4v) is 1.65. The van der Waals surface area contributed by atoms with Crippen molar-refractivity contribution in [3.63, 3.8) is 0 Å². The topological polar surface area (TPSA) is 131 Å².